The highest BCUT2D eigenvalue weighted by molar-refractivity contribution is 7.89. The molecule has 3 saturated heterocycles. The van der Waals surface area contributed by atoms with Crippen LogP contribution in [0.15, 0.2) is 65.6 Å². The van der Waals surface area contributed by atoms with Crippen molar-refractivity contribution in [2.75, 3.05) is 62.2 Å². The van der Waals surface area contributed by atoms with Gasteiger partial charge in [0.1, 0.15) is 5.82 Å². The largest absolute Gasteiger partial charge is 0.368 e. The van der Waals surface area contributed by atoms with Gasteiger partial charge in [-0.2, -0.15) is 4.31 Å². The molecule has 1 unspecified atom stereocenters. The maximum atomic E-state index is 13.4. The molecule has 9 heteroatoms. The van der Waals surface area contributed by atoms with E-state index in [-0.39, 0.29) is 11.8 Å². The number of para-hydroxylation sites is 1. The van der Waals surface area contributed by atoms with Gasteiger partial charge >= 0.3 is 0 Å². The summed E-state index contributed by atoms with van der Waals surface area (Å²) in [5.74, 6) is 1.07. The van der Waals surface area contributed by atoms with Gasteiger partial charge in [0.2, 0.25) is 15.9 Å². The molecule has 2 aromatic carbocycles. The lowest BCUT2D eigenvalue weighted by molar-refractivity contribution is -0.136. The van der Waals surface area contributed by atoms with E-state index in [9.17, 15) is 13.2 Å². The van der Waals surface area contributed by atoms with Crippen molar-refractivity contribution in [2.45, 2.75) is 30.6 Å². The Morgan fingerprint density at radius 3 is 2.32 bits per heavy atom. The number of sulfonamides is 1. The van der Waals surface area contributed by atoms with E-state index in [2.05, 4.69) is 34.1 Å². The van der Waals surface area contributed by atoms with Crippen molar-refractivity contribution in [3.8, 4) is 0 Å². The highest BCUT2D eigenvalue weighted by atomic mass is 32.2. The number of hydrogen-bond acceptors (Lipinski definition) is 6. The Hall–Kier alpha value is -3.17. The number of anilines is 2. The molecule has 0 bridgehead atoms. The zero-order valence-electron chi connectivity index (χ0n) is 21.7. The van der Waals surface area contributed by atoms with Crippen molar-refractivity contribution in [3.05, 3.63) is 60.7 Å². The first-order chi connectivity index (χ1) is 18.5. The molecule has 200 valence electrons. The first-order valence-electron chi connectivity index (χ1n) is 13.7. The summed E-state index contributed by atoms with van der Waals surface area (Å²) >= 11 is 0. The topological polar surface area (TPSA) is 77.1 Å². The smallest absolute Gasteiger partial charge is 0.243 e. The molecule has 0 N–H and O–H groups in total. The SMILES string of the molecule is O=C(C1CCCN(c2ccc3cc(S(=O)(=O)N4CCCC4)ccc3n2)C1)N1CCN(c2ccccc2)CC1. The number of piperazine rings is 1. The average molecular weight is 534 g/mol. The van der Waals surface area contributed by atoms with Gasteiger partial charge in [-0.25, -0.2) is 13.4 Å². The molecule has 3 aliphatic rings. The summed E-state index contributed by atoms with van der Waals surface area (Å²) in [6.07, 6.45) is 3.69. The van der Waals surface area contributed by atoms with Crippen molar-refractivity contribution >= 4 is 38.3 Å². The van der Waals surface area contributed by atoms with Crippen LogP contribution in [0.2, 0.25) is 0 Å². The molecule has 8 nitrogen and oxygen atoms in total. The molecule has 0 radical (unpaired) electrons. The second kappa shape index (κ2) is 10.5. The number of pyridine rings is 1. The molecule has 3 fully saturated rings. The van der Waals surface area contributed by atoms with Crippen molar-refractivity contribution < 1.29 is 13.2 Å². The minimum atomic E-state index is -3.46. The van der Waals surface area contributed by atoms with Crippen molar-refractivity contribution in [1.82, 2.24) is 14.2 Å². The van der Waals surface area contributed by atoms with Crippen molar-refractivity contribution in [3.63, 3.8) is 0 Å². The summed E-state index contributed by atoms with van der Waals surface area (Å²) in [6.45, 7) is 5.93. The van der Waals surface area contributed by atoms with Gasteiger partial charge in [0.25, 0.3) is 0 Å². The zero-order valence-corrected chi connectivity index (χ0v) is 22.5. The predicted molar refractivity (Wildman–Crippen MR) is 150 cm³/mol. The first kappa shape index (κ1) is 25.1. The van der Waals surface area contributed by atoms with Crippen LogP contribution >= 0.6 is 0 Å². The highest BCUT2D eigenvalue weighted by Crippen LogP contribution is 2.28. The molecule has 3 aliphatic heterocycles. The van der Waals surface area contributed by atoms with Crippen molar-refractivity contribution in [1.29, 1.82) is 0 Å². The minimum Gasteiger partial charge on any atom is -0.368 e. The Bertz CT molecular complexity index is 1400. The lowest BCUT2D eigenvalue weighted by Crippen LogP contribution is -2.52. The molecule has 0 saturated carbocycles. The highest BCUT2D eigenvalue weighted by Gasteiger charge is 2.32. The van der Waals surface area contributed by atoms with Crippen LogP contribution in [-0.4, -0.2) is 80.9 Å². The average Bonchev–Trinajstić information content (AvgIpc) is 3.53. The van der Waals surface area contributed by atoms with Gasteiger partial charge in [-0.15, -0.1) is 0 Å². The lowest BCUT2D eigenvalue weighted by atomic mass is 9.96. The van der Waals surface area contributed by atoms with Crippen LogP contribution < -0.4 is 9.80 Å². The van der Waals surface area contributed by atoms with Crippen LogP contribution in [0.4, 0.5) is 11.5 Å². The molecule has 1 atom stereocenters. The van der Waals surface area contributed by atoms with Crippen LogP contribution in [0, 0.1) is 5.92 Å². The number of benzene rings is 2. The molecule has 3 aromatic rings. The van der Waals surface area contributed by atoms with Crippen molar-refractivity contribution in [2.24, 2.45) is 5.92 Å². The third-order valence-corrected chi connectivity index (χ3v) is 10.1. The lowest BCUT2D eigenvalue weighted by Gasteiger charge is -2.40. The standard InChI is InChI=1S/C29H35N5O3S/c35-29(32-19-17-31(18-20-32)25-8-2-1-3-9-25)24-7-6-14-33(22-24)28-13-10-23-21-26(11-12-27(23)30-28)38(36,37)34-15-4-5-16-34/h1-3,8-13,21,24H,4-7,14-20,22H2. The van der Waals surface area contributed by atoms with E-state index >= 15 is 0 Å². The molecule has 6 rings (SSSR count). The fourth-order valence-corrected chi connectivity index (χ4v) is 7.53. The van der Waals surface area contributed by atoms with Gasteiger partial charge < -0.3 is 14.7 Å². The van der Waals surface area contributed by atoms with Gasteiger partial charge in [-0.05, 0) is 68.1 Å². The van der Waals surface area contributed by atoms with Gasteiger partial charge in [0.15, 0.2) is 0 Å². The van der Waals surface area contributed by atoms with Crippen LogP contribution in [0.1, 0.15) is 25.7 Å². The molecule has 0 aliphatic carbocycles. The summed E-state index contributed by atoms with van der Waals surface area (Å²) in [5.41, 5.74) is 1.99. The summed E-state index contributed by atoms with van der Waals surface area (Å²) in [6, 6.07) is 19.5. The fraction of sp³-hybridized carbons (Fsp3) is 0.448. The predicted octanol–water partition coefficient (Wildman–Crippen LogP) is 3.58. The Labute approximate surface area is 224 Å². The first-order valence-corrected chi connectivity index (χ1v) is 15.2. The monoisotopic (exact) mass is 533 g/mol. The minimum absolute atomic E-state index is 0.0301. The van der Waals surface area contributed by atoms with Gasteiger partial charge in [0, 0.05) is 63.4 Å². The Morgan fingerprint density at radius 1 is 0.789 bits per heavy atom. The number of amides is 1. The Morgan fingerprint density at radius 2 is 1.55 bits per heavy atom. The van der Waals surface area contributed by atoms with Crippen LogP contribution in [0.3, 0.4) is 0 Å². The Balaban J connectivity index is 1.12. The van der Waals surface area contributed by atoms with Crippen LogP contribution in [0.5, 0.6) is 0 Å². The van der Waals surface area contributed by atoms with E-state index in [1.807, 2.05) is 23.1 Å². The molecule has 4 heterocycles. The number of hydrogen-bond donors (Lipinski definition) is 0. The van der Waals surface area contributed by atoms with E-state index in [0.29, 0.717) is 24.5 Å². The van der Waals surface area contributed by atoms with E-state index in [4.69, 9.17) is 4.98 Å². The number of aromatic nitrogens is 1. The maximum absolute atomic E-state index is 13.4. The van der Waals surface area contributed by atoms with Crippen LogP contribution in [0.25, 0.3) is 10.9 Å². The number of fused-ring (bicyclic) bond motifs is 1. The van der Waals surface area contributed by atoms with Gasteiger partial charge in [0.05, 0.1) is 16.3 Å². The van der Waals surface area contributed by atoms with E-state index in [0.717, 1.165) is 75.1 Å². The normalized spacial score (nSPS) is 21.3. The van der Waals surface area contributed by atoms with Gasteiger partial charge in [-0.3, -0.25) is 4.79 Å². The number of carbonyl (C=O) groups excluding carboxylic acids is 1. The molecule has 38 heavy (non-hydrogen) atoms. The van der Waals surface area contributed by atoms with Gasteiger partial charge in [-0.1, -0.05) is 18.2 Å². The number of nitrogens with zero attached hydrogens (tertiary/aromatic N) is 5. The number of carbonyl (C=O) groups is 1. The van der Waals surface area contributed by atoms with E-state index in [1.165, 1.54) is 5.69 Å². The quantitative estimate of drug-likeness (QED) is 0.499. The second-order valence-electron chi connectivity index (χ2n) is 10.6. The molecular formula is C29H35N5O3S. The Kier molecular flexibility index (Phi) is 6.97. The summed E-state index contributed by atoms with van der Waals surface area (Å²) in [7, 11) is -3.46. The second-order valence-corrected chi connectivity index (χ2v) is 12.5. The van der Waals surface area contributed by atoms with E-state index in [1.54, 1.807) is 22.5 Å². The van der Waals surface area contributed by atoms with E-state index < -0.39 is 10.0 Å². The number of piperidine rings is 1. The number of rotatable bonds is 5. The third kappa shape index (κ3) is 4.97. The third-order valence-electron chi connectivity index (χ3n) is 8.16. The summed E-state index contributed by atoms with van der Waals surface area (Å²) in [4.78, 5) is 25.2. The fourth-order valence-electron chi connectivity index (χ4n) is 5.98. The molecule has 1 aromatic heterocycles. The summed E-state index contributed by atoms with van der Waals surface area (Å²) in [5, 5.41) is 0.815. The molecule has 1 amide bonds. The zero-order chi connectivity index (χ0) is 26.1. The van der Waals surface area contributed by atoms with Crippen LogP contribution in [-0.2, 0) is 14.8 Å². The molecule has 0 spiro atoms. The summed E-state index contributed by atoms with van der Waals surface area (Å²) < 4.78 is 27.5. The maximum Gasteiger partial charge on any atom is 0.243 e. The molecular weight excluding hydrogens is 498 g/mol.